The highest BCUT2D eigenvalue weighted by molar-refractivity contribution is 9.10. The molecule has 1 aliphatic rings. The third-order valence-electron chi connectivity index (χ3n) is 2.80. The molecule has 92 valence electrons. The zero-order valence-corrected chi connectivity index (χ0v) is 11.1. The Bertz CT molecular complexity index is 567. The SMILES string of the molecule is Fc1ccc(Br)cc1-c1ccc(NC2CC2)nn1. The Kier molecular flexibility index (Phi) is 2.99. The fourth-order valence-corrected chi connectivity index (χ4v) is 2.04. The van der Waals surface area contributed by atoms with Crippen molar-refractivity contribution >= 4 is 21.7 Å². The molecule has 1 aromatic carbocycles. The van der Waals surface area contributed by atoms with Crippen LogP contribution in [0.25, 0.3) is 11.3 Å². The Hall–Kier alpha value is -1.49. The summed E-state index contributed by atoms with van der Waals surface area (Å²) in [6.07, 6.45) is 2.37. The van der Waals surface area contributed by atoms with Crippen molar-refractivity contribution in [3.05, 3.63) is 40.6 Å². The van der Waals surface area contributed by atoms with Crippen molar-refractivity contribution in [2.75, 3.05) is 5.32 Å². The molecule has 1 aliphatic carbocycles. The van der Waals surface area contributed by atoms with Crippen LogP contribution >= 0.6 is 15.9 Å². The van der Waals surface area contributed by atoms with Gasteiger partial charge in [-0.15, -0.1) is 10.2 Å². The van der Waals surface area contributed by atoms with Crippen molar-refractivity contribution in [2.24, 2.45) is 0 Å². The maximum absolute atomic E-state index is 13.7. The van der Waals surface area contributed by atoms with Crippen molar-refractivity contribution < 1.29 is 4.39 Å². The van der Waals surface area contributed by atoms with Crippen molar-refractivity contribution in [3.8, 4) is 11.3 Å². The molecule has 0 unspecified atom stereocenters. The lowest BCUT2D eigenvalue weighted by Crippen LogP contribution is -2.04. The zero-order chi connectivity index (χ0) is 12.5. The lowest BCUT2D eigenvalue weighted by Gasteiger charge is -2.05. The van der Waals surface area contributed by atoms with E-state index >= 15 is 0 Å². The maximum atomic E-state index is 13.7. The van der Waals surface area contributed by atoms with Gasteiger partial charge < -0.3 is 5.32 Å². The summed E-state index contributed by atoms with van der Waals surface area (Å²) in [7, 11) is 0. The highest BCUT2D eigenvalue weighted by atomic mass is 79.9. The first-order valence-electron chi connectivity index (χ1n) is 5.78. The van der Waals surface area contributed by atoms with Gasteiger partial charge in [0.25, 0.3) is 0 Å². The molecule has 1 fully saturated rings. The van der Waals surface area contributed by atoms with Crippen LogP contribution in [0, 0.1) is 5.82 Å². The molecule has 0 saturated heterocycles. The van der Waals surface area contributed by atoms with Gasteiger partial charge in [-0.25, -0.2) is 4.39 Å². The van der Waals surface area contributed by atoms with Gasteiger partial charge in [-0.05, 0) is 43.2 Å². The Morgan fingerprint density at radius 1 is 1.17 bits per heavy atom. The van der Waals surface area contributed by atoms with Gasteiger partial charge in [0.1, 0.15) is 11.6 Å². The van der Waals surface area contributed by atoms with Gasteiger partial charge in [-0.2, -0.15) is 0 Å². The summed E-state index contributed by atoms with van der Waals surface area (Å²) in [5, 5.41) is 11.4. The molecule has 0 atom stereocenters. The summed E-state index contributed by atoms with van der Waals surface area (Å²) < 4.78 is 14.5. The van der Waals surface area contributed by atoms with Crippen LogP contribution in [0.4, 0.5) is 10.2 Å². The Labute approximate surface area is 113 Å². The number of aromatic nitrogens is 2. The molecule has 3 rings (SSSR count). The van der Waals surface area contributed by atoms with E-state index in [1.807, 2.05) is 6.07 Å². The minimum Gasteiger partial charge on any atom is -0.366 e. The van der Waals surface area contributed by atoms with E-state index < -0.39 is 0 Å². The first kappa shape index (κ1) is 11.6. The van der Waals surface area contributed by atoms with Gasteiger partial charge in [0.15, 0.2) is 0 Å². The second-order valence-electron chi connectivity index (χ2n) is 4.35. The quantitative estimate of drug-likeness (QED) is 0.941. The topological polar surface area (TPSA) is 37.8 Å². The maximum Gasteiger partial charge on any atom is 0.148 e. The zero-order valence-electron chi connectivity index (χ0n) is 9.53. The molecule has 2 aromatic rings. The van der Waals surface area contributed by atoms with E-state index in [0.717, 1.165) is 10.3 Å². The van der Waals surface area contributed by atoms with Crippen LogP contribution < -0.4 is 5.32 Å². The van der Waals surface area contributed by atoms with E-state index in [0.29, 0.717) is 17.3 Å². The van der Waals surface area contributed by atoms with Crippen LogP contribution in [0.1, 0.15) is 12.8 Å². The second kappa shape index (κ2) is 4.65. The molecule has 3 nitrogen and oxygen atoms in total. The molecule has 0 aliphatic heterocycles. The minimum absolute atomic E-state index is 0.296. The summed E-state index contributed by atoms with van der Waals surface area (Å²) >= 11 is 3.32. The van der Waals surface area contributed by atoms with Crippen LogP contribution in [0.3, 0.4) is 0 Å². The summed E-state index contributed by atoms with van der Waals surface area (Å²) in [6.45, 7) is 0. The van der Waals surface area contributed by atoms with Crippen LogP contribution in [0.5, 0.6) is 0 Å². The Morgan fingerprint density at radius 2 is 2.00 bits per heavy atom. The molecule has 0 bridgehead atoms. The molecular weight excluding hydrogens is 297 g/mol. The van der Waals surface area contributed by atoms with Gasteiger partial charge in [-0.3, -0.25) is 0 Å². The number of anilines is 1. The second-order valence-corrected chi connectivity index (χ2v) is 5.26. The average Bonchev–Trinajstić information content (AvgIpc) is 3.17. The normalized spacial score (nSPS) is 14.6. The molecule has 1 aromatic heterocycles. The van der Waals surface area contributed by atoms with E-state index in [1.165, 1.54) is 18.9 Å². The Morgan fingerprint density at radius 3 is 2.67 bits per heavy atom. The predicted molar refractivity (Wildman–Crippen MR) is 71.8 cm³/mol. The van der Waals surface area contributed by atoms with Crippen molar-refractivity contribution in [1.82, 2.24) is 10.2 Å². The Balaban J connectivity index is 1.88. The molecule has 5 heteroatoms. The highest BCUT2D eigenvalue weighted by Crippen LogP contribution is 2.26. The number of nitrogens with one attached hydrogen (secondary N) is 1. The fourth-order valence-electron chi connectivity index (χ4n) is 1.68. The molecule has 1 heterocycles. The van der Waals surface area contributed by atoms with Crippen LogP contribution in [-0.2, 0) is 0 Å². The van der Waals surface area contributed by atoms with Crippen molar-refractivity contribution in [2.45, 2.75) is 18.9 Å². The van der Waals surface area contributed by atoms with E-state index in [1.54, 1.807) is 18.2 Å². The van der Waals surface area contributed by atoms with Gasteiger partial charge >= 0.3 is 0 Å². The third-order valence-corrected chi connectivity index (χ3v) is 3.29. The average molecular weight is 308 g/mol. The summed E-state index contributed by atoms with van der Waals surface area (Å²) in [5.74, 6) is 0.451. The van der Waals surface area contributed by atoms with Crippen LogP contribution in [0.15, 0.2) is 34.8 Å². The molecule has 0 amide bonds. The predicted octanol–water partition coefficient (Wildman–Crippen LogP) is 3.62. The monoisotopic (exact) mass is 307 g/mol. The first-order chi connectivity index (χ1) is 8.72. The number of hydrogen-bond acceptors (Lipinski definition) is 3. The van der Waals surface area contributed by atoms with Crippen molar-refractivity contribution in [3.63, 3.8) is 0 Å². The van der Waals surface area contributed by atoms with E-state index in [-0.39, 0.29) is 5.82 Å². The highest BCUT2D eigenvalue weighted by Gasteiger charge is 2.21. The first-order valence-corrected chi connectivity index (χ1v) is 6.57. The van der Waals surface area contributed by atoms with E-state index in [2.05, 4.69) is 31.4 Å². The fraction of sp³-hybridized carbons (Fsp3) is 0.231. The molecular formula is C13H11BrFN3. The summed E-state index contributed by atoms with van der Waals surface area (Å²) in [5.41, 5.74) is 0.991. The van der Waals surface area contributed by atoms with Crippen LogP contribution in [0.2, 0.25) is 0 Å². The number of benzene rings is 1. The molecule has 18 heavy (non-hydrogen) atoms. The number of nitrogens with zero attached hydrogens (tertiary/aromatic N) is 2. The van der Waals surface area contributed by atoms with E-state index in [4.69, 9.17) is 0 Å². The summed E-state index contributed by atoms with van der Waals surface area (Å²) in [6, 6.07) is 8.93. The van der Waals surface area contributed by atoms with Gasteiger partial charge in [0.2, 0.25) is 0 Å². The van der Waals surface area contributed by atoms with Gasteiger partial charge in [0, 0.05) is 16.1 Å². The van der Waals surface area contributed by atoms with E-state index in [9.17, 15) is 4.39 Å². The van der Waals surface area contributed by atoms with Gasteiger partial charge in [-0.1, -0.05) is 15.9 Å². The number of hydrogen-bond donors (Lipinski definition) is 1. The smallest absolute Gasteiger partial charge is 0.148 e. The van der Waals surface area contributed by atoms with Crippen LogP contribution in [-0.4, -0.2) is 16.2 Å². The molecule has 1 N–H and O–H groups in total. The summed E-state index contributed by atoms with van der Waals surface area (Å²) in [4.78, 5) is 0. The number of rotatable bonds is 3. The molecule has 0 spiro atoms. The molecule has 1 saturated carbocycles. The van der Waals surface area contributed by atoms with Crippen molar-refractivity contribution in [1.29, 1.82) is 0 Å². The molecule has 0 radical (unpaired) electrons. The lowest BCUT2D eigenvalue weighted by atomic mass is 10.1. The standard InChI is InChI=1S/C13H11BrFN3/c14-8-1-4-11(15)10(7-8)12-5-6-13(18-17-12)16-9-2-3-9/h1,4-7,9H,2-3H2,(H,16,18). The lowest BCUT2D eigenvalue weighted by molar-refractivity contribution is 0.630. The minimum atomic E-state index is -0.296. The number of halogens is 2. The third kappa shape index (κ3) is 2.51. The van der Waals surface area contributed by atoms with Gasteiger partial charge in [0.05, 0.1) is 5.69 Å². The largest absolute Gasteiger partial charge is 0.366 e.